The molecule has 12 heavy (non-hydrogen) atoms. The average Bonchev–Trinajstić information content (AvgIpc) is 2.32. The second-order valence-corrected chi connectivity index (χ2v) is 3.79. The van der Waals surface area contributed by atoms with E-state index in [-0.39, 0.29) is 6.17 Å². The van der Waals surface area contributed by atoms with Crippen molar-refractivity contribution in [2.45, 2.75) is 33.4 Å². The number of hydrazone groups is 1. The Labute approximate surface area is 79.1 Å². The highest BCUT2D eigenvalue weighted by Gasteiger charge is 2.28. The minimum Gasteiger partial charge on any atom is -0.272 e. The van der Waals surface area contributed by atoms with Gasteiger partial charge in [-0.1, -0.05) is 20.8 Å². The van der Waals surface area contributed by atoms with Gasteiger partial charge in [-0.05, 0) is 12.3 Å². The molecular weight excluding hydrogens is 174 g/mol. The lowest BCUT2D eigenvalue weighted by atomic mass is 10.1. The van der Waals surface area contributed by atoms with E-state index >= 15 is 0 Å². The van der Waals surface area contributed by atoms with E-state index in [1.54, 1.807) is 10.8 Å². The lowest BCUT2D eigenvalue weighted by molar-refractivity contribution is 0.130. The number of halogens is 1. The largest absolute Gasteiger partial charge is 0.272 e. The Morgan fingerprint density at radius 1 is 1.58 bits per heavy atom. The van der Waals surface area contributed by atoms with Gasteiger partial charge in [0.05, 0.1) is 0 Å². The molecule has 1 rings (SSSR count). The first-order valence-corrected chi connectivity index (χ1v) is 4.75. The molecule has 0 radical (unpaired) electrons. The summed E-state index contributed by atoms with van der Waals surface area (Å²) in [5.74, 6) is 0.497. The molecule has 0 saturated carbocycles. The fraction of sp³-hybridized carbons (Fsp3) is 0.875. The first kappa shape index (κ1) is 9.65. The SMILES string of the molecule is CCCN1N=CN(Cl)C1C(C)C. The normalized spacial score (nSPS) is 22.9. The summed E-state index contributed by atoms with van der Waals surface area (Å²) in [6.45, 7) is 7.42. The van der Waals surface area contributed by atoms with Gasteiger partial charge in [-0.2, -0.15) is 5.10 Å². The molecule has 0 fully saturated rings. The van der Waals surface area contributed by atoms with Gasteiger partial charge in [-0.3, -0.25) is 5.01 Å². The molecule has 1 atom stereocenters. The van der Waals surface area contributed by atoms with Crippen molar-refractivity contribution in [2.24, 2.45) is 11.0 Å². The van der Waals surface area contributed by atoms with E-state index in [9.17, 15) is 0 Å². The van der Waals surface area contributed by atoms with Crippen molar-refractivity contribution in [3.8, 4) is 0 Å². The second kappa shape index (κ2) is 3.99. The fourth-order valence-electron chi connectivity index (χ4n) is 1.43. The summed E-state index contributed by atoms with van der Waals surface area (Å²) in [5.41, 5.74) is 0. The smallest absolute Gasteiger partial charge is 0.136 e. The molecule has 1 aliphatic rings. The van der Waals surface area contributed by atoms with Crippen LogP contribution in [0.25, 0.3) is 0 Å². The van der Waals surface area contributed by atoms with Crippen molar-refractivity contribution in [2.75, 3.05) is 6.54 Å². The molecule has 4 heteroatoms. The van der Waals surface area contributed by atoms with Crippen molar-refractivity contribution in [3.63, 3.8) is 0 Å². The first-order chi connectivity index (χ1) is 5.66. The Morgan fingerprint density at radius 3 is 2.75 bits per heavy atom. The highest BCUT2D eigenvalue weighted by Crippen LogP contribution is 2.21. The molecule has 0 N–H and O–H groups in total. The lowest BCUT2D eigenvalue weighted by Crippen LogP contribution is -2.39. The number of hydrogen-bond donors (Lipinski definition) is 0. The standard InChI is InChI=1S/C8H16ClN3/c1-4-5-12-8(7(2)3)11(9)6-10-12/h6-8H,4-5H2,1-3H3. The molecular formula is C8H16ClN3. The van der Waals surface area contributed by atoms with E-state index in [0.29, 0.717) is 5.92 Å². The molecule has 0 amide bonds. The molecule has 0 aromatic heterocycles. The van der Waals surface area contributed by atoms with Crippen LogP contribution in [-0.2, 0) is 0 Å². The molecule has 0 saturated heterocycles. The van der Waals surface area contributed by atoms with E-state index in [2.05, 4.69) is 25.9 Å². The van der Waals surface area contributed by atoms with Crippen LogP contribution < -0.4 is 0 Å². The number of nitrogens with zero attached hydrogens (tertiary/aromatic N) is 3. The van der Waals surface area contributed by atoms with Gasteiger partial charge in [0.25, 0.3) is 0 Å². The highest BCUT2D eigenvalue weighted by atomic mass is 35.5. The highest BCUT2D eigenvalue weighted by molar-refractivity contribution is 6.19. The van der Waals surface area contributed by atoms with Crippen LogP contribution in [-0.4, -0.2) is 28.5 Å². The molecule has 0 aromatic carbocycles. The molecule has 1 unspecified atom stereocenters. The maximum absolute atomic E-state index is 5.95. The van der Waals surface area contributed by atoms with Gasteiger partial charge >= 0.3 is 0 Å². The van der Waals surface area contributed by atoms with E-state index in [0.717, 1.165) is 13.0 Å². The maximum Gasteiger partial charge on any atom is 0.136 e. The fourth-order valence-corrected chi connectivity index (χ4v) is 1.79. The van der Waals surface area contributed by atoms with Gasteiger partial charge in [0.15, 0.2) is 0 Å². The van der Waals surface area contributed by atoms with Crippen LogP contribution in [0.3, 0.4) is 0 Å². The Morgan fingerprint density at radius 2 is 2.25 bits per heavy atom. The Hall–Kier alpha value is -0.440. The summed E-state index contributed by atoms with van der Waals surface area (Å²) in [6, 6.07) is 0. The summed E-state index contributed by atoms with van der Waals surface area (Å²) in [5, 5.41) is 6.25. The van der Waals surface area contributed by atoms with Gasteiger partial charge in [0.2, 0.25) is 0 Å². The summed E-state index contributed by atoms with van der Waals surface area (Å²) >= 11 is 5.95. The zero-order valence-electron chi connectivity index (χ0n) is 7.87. The summed E-state index contributed by atoms with van der Waals surface area (Å²) < 4.78 is 1.65. The zero-order chi connectivity index (χ0) is 9.14. The van der Waals surface area contributed by atoms with Crippen molar-refractivity contribution in [1.29, 1.82) is 0 Å². The minimum atomic E-state index is 0.228. The van der Waals surface area contributed by atoms with Crippen LogP contribution in [0.1, 0.15) is 27.2 Å². The predicted octanol–water partition coefficient (Wildman–Crippen LogP) is 2.09. The van der Waals surface area contributed by atoms with E-state index in [1.165, 1.54) is 0 Å². The van der Waals surface area contributed by atoms with Gasteiger partial charge in [0.1, 0.15) is 12.5 Å². The van der Waals surface area contributed by atoms with Crippen molar-refractivity contribution in [1.82, 2.24) is 9.43 Å². The van der Waals surface area contributed by atoms with Gasteiger partial charge in [0, 0.05) is 18.3 Å². The average molecular weight is 190 g/mol. The minimum absolute atomic E-state index is 0.228. The zero-order valence-corrected chi connectivity index (χ0v) is 8.62. The third-order valence-electron chi connectivity index (χ3n) is 1.92. The Bertz CT molecular complexity index is 170. The third-order valence-corrected chi connectivity index (χ3v) is 2.20. The molecule has 3 nitrogen and oxygen atoms in total. The number of hydrogen-bond acceptors (Lipinski definition) is 3. The maximum atomic E-state index is 5.95. The molecule has 70 valence electrons. The van der Waals surface area contributed by atoms with E-state index in [4.69, 9.17) is 11.8 Å². The molecule has 0 spiro atoms. The predicted molar refractivity (Wildman–Crippen MR) is 51.8 cm³/mol. The monoisotopic (exact) mass is 189 g/mol. The summed E-state index contributed by atoms with van der Waals surface area (Å²) in [6.07, 6.45) is 3.01. The topological polar surface area (TPSA) is 18.8 Å². The van der Waals surface area contributed by atoms with E-state index in [1.807, 2.05) is 5.01 Å². The quantitative estimate of drug-likeness (QED) is 0.634. The van der Waals surface area contributed by atoms with Crippen LogP contribution in [0, 0.1) is 5.92 Å². The molecule has 1 aliphatic heterocycles. The van der Waals surface area contributed by atoms with E-state index < -0.39 is 0 Å². The van der Waals surface area contributed by atoms with Gasteiger partial charge in [-0.15, -0.1) is 0 Å². The van der Waals surface area contributed by atoms with Crippen molar-refractivity contribution in [3.05, 3.63) is 0 Å². The summed E-state index contributed by atoms with van der Waals surface area (Å²) in [7, 11) is 0. The van der Waals surface area contributed by atoms with Crippen molar-refractivity contribution < 1.29 is 0 Å². The molecule has 1 heterocycles. The summed E-state index contributed by atoms with van der Waals surface area (Å²) in [4.78, 5) is 0. The van der Waals surface area contributed by atoms with Crippen LogP contribution >= 0.6 is 11.8 Å². The van der Waals surface area contributed by atoms with Crippen molar-refractivity contribution >= 4 is 18.1 Å². The molecule has 0 bridgehead atoms. The first-order valence-electron chi connectivity index (χ1n) is 4.41. The van der Waals surface area contributed by atoms with Crippen LogP contribution in [0.5, 0.6) is 0 Å². The van der Waals surface area contributed by atoms with Gasteiger partial charge < -0.3 is 0 Å². The third kappa shape index (κ3) is 1.83. The Balaban J connectivity index is 2.56. The lowest BCUT2D eigenvalue weighted by Gasteiger charge is -2.29. The number of rotatable bonds is 3. The molecule has 0 aliphatic carbocycles. The second-order valence-electron chi connectivity index (χ2n) is 3.40. The Kier molecular flexibility index (Phi) is 3.20. The van der Waals surface area contributed by atoms with Gasteiger partial charge in [-0.25, -0.2) is 4.42 Å². The van der Waals surface area contributed by atoms with Crippen LogP contribution in [0.15, 0.2) is 5.10 Å². The van der Waals surface area contributed by atoms with Crippen LogP contribution in [0.4, 0.5) is 0 Å². The molecule has 0 aromatic rings. The van der Waals surface area contributed by atoms with Crippen LogP contribution in [0.2, 0.25) is 0 Å².